The van der Waals surface area contributed by atoms with E-state index in [-0.39, 0.29) is 11.5 Å². The average Bonchev–Trinajstić information content (AvgIpc) is 2.64. The maximum atomic E-state index is 12.1. The molecule has 0 saturated heterocycles. The molecule has 2 aromatic carbocycles. The highest BCUT2D eigenvalue weighted by atomic mass is 79.9. The third-order valence-electron chi connectivity index (χ3n) is 4.02. The predicted octanol–water partition coefficient (Wildman–Crippen LogP) is 5.17. The Kier molecular flexibility index (Phi) is 7.73. The van der Waals surface area contributed by atoms with E-state index in [1.54, 1.807) is 25.3 Å². The molecule has 138 valence electrons. The second-order valence-corrected chi connectivity index (χ2v) is 6.81. The number of ketones is 1. The molecule has 0 atom stereocenters. The van der Waals surface area contributed by atoms with Gasteiger partial charge in [0.1, 0.15) is 5.75 Å². The van der Waals surface area contributed by atoms with Crippen LogP contribution in [0.5, 0.6) is 17.2 Å². The number of benzene rings is 2. The van der Waals surface area contributed by atoms with Crippen LogP contribution in [0, 0.1) is 0 Å². The van der Waals surface area contributed by atoms with Crippen molar-refractivity contribution in [3.63, 3.8) is 0 Å². The maximum absolute atomic E-state index is 12.1. The summed E-state index contributed by atoms with van der Waals surface area (Å²) in [7, 11) is 3.14. The van der Waals surface area contributed by atoms with Crippen LogP contribution >= 0.6 is 15.9 Å². The van der Waals surface area contributed by atoms with Gasteiger partial charge in [-0.25, -0.2) is 0 Å². The minimum atomic E-state index is 0.0929. The molecule has 0 fully saturated rings. The van der Waals surface area contributed by atoms with Crippen LogP contribution in [-0.4, -0.2) is 25.1 Å². The van der Waals surface area contributed by atoms with Gasteiger partial charge in [0, 0.05) is 16.5 Å². The highest BCUT2D eigenvalue weighted by Crippen LogP contribution is 2.27. The smallest absolute Gasteiger partial charge is 0.160 e. The zero-order chi connectivity index (χ0) is 18.9. The van der Waals surface area contributed by atoms with Crippen LogP contribution in [0.1, 0.15) is 30.4 Å². The number of unbranched alkanes of at least 4 members (excludes halogenated alkanes) is 1. The molecular formula is C21H23BrO4. The third-order valence-corrected chi connectivity index (χ3v) is 4.52. The number of aromatic hydroxyl groups is 1. The Morgan fingerprint density at radius 1 is 1.08 bits per heavy atom. The van der Waals surface area contributed by atoms with E-state index in [9.17, 15) is 9.90 Å². The molecular weight excluding hydrogens is 396 g/mol. The number of halogens is 1. The maximum Gasteiger partial charge on any atom is 0.160 e. The fraction of sp³-hybridized carbons (Fsp3) is 0.286. The van der Waals surface area contributed by atoms with Crippen LogP contribution in [-0.2, 0) is 11.2 Å². The number of hydrogen-bond acceptors (Lipinski definition) is 4. The Balaban J connectivity index is 1.81. The Bertz CT molecular complexity index is 784. The summed E-state index contributed by atoms with van der Waals surface area (Å²) in [5.41, 5.74) is 1.95. The molecule has 2 aromatic rings. The summed E-state index contributed by atoms with van der Waals surface area (Å²) < 4.78 is 11.3. The van der Waals surface area contributed by atoms with E-state index in [0.717, 1.165) is 40.6 Å². The molecule has 0 aliphatic carbocycles. The fourth-order valence-electron chi connectivity index (χ4n) is 2.61. The molecule has 0 spiro atoms. The van der Waals surface area contributed by atoms with Crippen molar-refractivity contribution in [3.8, 4) is 17.2 Å². The molecule has 1 N–H and O–H groups in total. The van der Waals surface area contributed by atoms with E-state index in [1.807, 2.05) is 30.3 Å². The second-order valence-electron chi connectivity index (χ2n) is 5.90. The molecule has 0 aromatic heterocycles. The lowest BCUT2D eigenvalue weighted by molar-refractivity contribution is -0.114. The number of allylic oxidation sites excluding steroid dienone is 1. The highest BCUT2D eigenvalue weighted by Gasteiger charge is 2.04. The number of methoxy groups -OCH3 is 2. The normalized spacial score (nSPS) is 10.9. The molecule has 0 aliphatic heterocycles. The van der Waals surface area contributed by atoms with Crippen LogP contribution in [0.3, 0.4) is 0 Å². The van der Waals surface area contributed by atoms with Crippen LogP contribution in [0.25, 0.3) is 6.08 Å². The van der Waals surface area contributed by atoms with Gasteiger partial charge in [0.15, 0.2) is 17.3 Å². The Hall–Kier alpha value is -2.27. The first-order valence-electron chi connectivity index (χ1n) is 8.44. The lowest BCUT2D eigenvalue weighted by Gasteiger charge is -2.06. The highest BCUT2D eigenvalue weighted by molar-refractivity contribution is 9.10. The Morgan fingerprint density at radius 3 is 2.58 bits per heavy atom. The molecule has 0 saturated carbocycles. The van der Waals surface area contributed by atoms with Gasteiger partial charge in [-0.1, -0.05) is 22.0 Å². The van der Waals surface area contributed by atoms with Crippen LogP contribution in [0.2, 0.25) is 0 Å². The SMILES string of the molecule is COc1cc(CCCCC(=O)/C=C/c2cc(Br)ccc2OC)ccc1O. The first-order valence-corrected chi connectivity index (χ1v) is 9.23. The zero-order valence-corrected chi connectivity index (χ0v) is 16.6. The van der Waals surface area contributed by atoms with Gasteiger partial charge in [-0.2, -0.15) is 0 Å². The number of ether oxygens (including phenoxy) is 2. The van der Waals surface area contributed by atoms with Gasteiger partial charge in [0.05, 0.1) is 14.2 Å². The summed E-state index contributed by atoms with van der Waals surface area (Å²) in [4.78, 5) is 12.1. The summed E-state index contributed by atoms with van der Waals surface area (Å²) in [5, 5.41) is 9.60. The second kappa shape index (κ2) is 10.0. The molecule has 0 unspecified atom stereocenters. The van der Waals surface area contributed by atoms with Gasteiger partial charge < -0.3 is 14.6 Å². The Labute approximate surface area is 162 Å². The van der Waals surface area contributed by atoms with E-state index in [0.29, 0.717) is 12.2 Å². The number of carbonyl (C=O) groups excluding carboxylic acids is 1. The average molecular weight is 419 g/mol. The molecule has 2 rings (SSSR count). The van der Waals surface area contributed by atoms with Crippen molar-refractivity contribution >= 4 is 27.8 Å². The Morgan fingerprint density at radius 2 is 1.85 bits per heavy atom. The van der Waals surface area contributed by atoms with Crippen molar-refractivity contribution in [2.24, 2.45) is 0 Å². The van der Waals surface area contributed by atoms with Crippen molar-refractivity contribution in [3.05, 3.63) is 58.1 Å². The lowest BCUT2D eigenvalue weighted by Crippen LogP contribution is -1.95. The van der Waals surface area contributed by atoms with Gasteiger partial charge in [0.2, 0.25) is 0 Å². The minimum absolute atomic E-state index is 0.0929. The van der Waals surface area contributed by atoms with Gasteiger partial charge >= 0.3 is 0 Å². The number of phenolic OH excluding ortho intramolecular Hbond substituents is 1. The van der Waals surface area contributed by atoms with Gasteiger partial charge in [-0.3, -0.25) is 4.79 Å². The van der Waals surface area contributed by atoms with E-state index in [2.05, 4.69) is 15.9 Å². The fourth-order valence-corrected chi connectivity index (χ4v) is 2.99. The van der Waals surface area contributed by atoms with Crippen LogP contribution < -0.4 is 9.47 Å². The number of hydrogen-bond donors (Lipinski definition) is 1. The number of aryl methyl sites for hydroxylation is 1. The van der Waals surface area contributed by atoms with E-state index >= 15 is 0 Å². The van der Waals surface area contributed by atoms with Gasteiger partial charge in [-0.15, -0.1) is 0 Å². The summed E-state index contributed by atoms with van der Waals surface area (Å²) in [6, 6.07) is 11.0. The standard InChI is InChI=1S/C21H23BrO4/c1-25-20-12-9-17(22)14-16(20)8-10-18(23)6-4-3-5-15-7-11-19(24)21(13-15)26-2/h7-14,24H,3-6H2,1-2H3/b10-8+. The summed E-state index contributed by atoms with van der Waals surface area (Å²) in [6.45, 7) is 0. The monoisotopic (exact) mass is 418 g/mol. The summed E-state index contributed by atoms with van der Waals surface area (Å²) >= 11 is 3.42. The van der Waals surface area contributed by atoms with Crippen molar-refractivity contribution in [2.75, 3.05) is 14.2 Å². The molecule has 0 aliphatic rings. The summed E-state index contributed by atoms with van der Waals surface area (Å²) in [5.74, 6) is 1.44. The first-order chi connectivity index (χ1) is 12.5. The molecule has 4 nitrogen and oxygen atoms in total. The molecule has 0 amide bonds. The third kappa shape index (κ3) is 5.92. The van der Waals surface area contributed by atoms with Gasteiger partial charge in [0.25, 0.3) is 0 Å². The first kappa shape index (κ1) is 20.0. The van der Waals surface area contributed by atoms with Gasteiger partial charge in [-0.05, 0) is 67.3 Å². The van der Waals surface area contributed by atoms with E-state index in [4.69, 9.17) is 9.47 Å². The summed E-state index contributed by atoms with van der Waals surface area (Å²) in [6.07, 6.45) is 6.44. The number of rotatable bonds is 9. The topological polar surface area (TPSA) is 55.8 Å². The van der Waals surface area contributed by atoms with Crippen LogP contribution in [0.15, 0.2) is 46.9 Å². The molecule has 26 heavy (non-hydrogen) atoms. The molecule has 0 bridgehead atoms. The predicted molar refractivity (Wildman–Crippen MR) is 107 cm³/mol. The lowest BCUT2D eigenvalue weighted by atomic mass is 10.0. The largest absolute Gasteiger partial charge is 0.504 e. The molecule has 0 radical (unpaired) electrons. The molecule has 5 heteroatoms. The number of phenols is 1. The van der Waals surface area contributed by atoms with Crippen molar-refractivity contribution in [1.82, 2.24) is 0 Å². The minimum Gasteiger partial charge on any atom is -0.504 e. The van der Waals surface area contributed by atoms with Crippen LogP contribution in [0.4, 0.5) is 0 Å². The molecule has 0 heterocycles. The van der Waals surface area contributed by atoms with E-state index in [1.165, 1.54) is 7.11 Å². The quantitative estimate of drug-likeness (QED) is 0.450. The van der Waals surface area contributed by atoms with Crippen molar-refractivity contribution < 1.29 is 19.4 Å². The van der Waals surface area contributed by atoms with E-state index < -0.39 is 0 Å². The number of carbonyl (C=O) groups is 1. The van der Waals surface area contributed by atoms with Crippen molar-refractivity contribution in [2.45, 2.75) is 25.7 Å². The zero-order valence-electron chi connectivity index (χ0n) is 15.0. The van der Waals surface area contributed by atoms with Crippen molar-refractivity contribution in [1.29, 1.82) is 0 Å².